The molecule has 0 amide bonds. The van der Waals surface area contributed by atoms with Gasteiger partial charge in [0.2, 0.25) is 5.43 Å². The second-order valence-electron chi connectivity index (χ2n) is 3.66. The highest BCUT2D eigenvalue weighted by Crippen LogP contribution is 2.06. The van der Waals surface area contributed by atoms with E-state index in [1.54, 1.807) is 12.4 Å². The maximum Gasteiger partial charge on any atom is 0.218 e. The molecule has 0 bridgehead atoms. The van der Waals surface area contributed by atoms with Gasteiger partial charge in [-0.05, 0) is 29.0 Å². The first kappa shape index (κ1) is 13.3. The molecule has 0 saturated heterocycles. The van der Waals surface area contributed by atoms with E-state index >= 15 is 0 Å². The molecule has 0 unspecified atom stereocenters. The lowest BCUT2D eigenvalue weighted by Gasteiger charge is -2.19. The first-order valence-corrected chi connectivity index (χ1v) is 6.25. The third-order valence-electron chi connectivity index (χ3n) is 2.63. The molecule has 0 saturated carbocycles. The second kappa shape index (κ2) is 6.06. The van der Waals surface area contributed by atoms with Crippen molar-refractivity contribution in [1.29, 1.82) is 0 Å². The molecule has 0 atom stereocenters. The molecule has 4 nitrogen and oxygen atoms in total. The lowest BCUT2D eigenvalue weighted by atomic mass is 10.4. The van der Waals surface area contributed by atoms with Gasteiger partial charge < -0.3 is 15.2 Å². The predicted octanol–water partition coefficient (Wildman–Crippen LogP) is 1.53. The van der Waals surface area contributed by atoms with Crippen LogP contribution in [0.2, 0.25) is 0 Å². The fourth-order valence-corrected chi connectivity index (χ4v) is 2.03. The van der Waals surface area contributed by atoms with Gasteiger partial charge in [-0.3, -0.25) is 4.79 Å². The van der Waals surface area contributed by atoms with Crippen molar-refractivity contribution < 1.29 is 0 Å². The van der Waals surface area contributed by atoms with Gasteiger partial charge in [0, 0.05) is 25.5 Å². The lowest BCUT2D eigenvalue weighted by Crippen LogP contribution is -2.27. The number of halogens is 1. The average molecular weight is 288 g/mol. The Morgan fingerprint density at radius 1 is 1.38 bits per heavy atom. The van der Waals surface area contributed by atoms with Gasteiger partial charge in [0.15, 0.2) is 0 Å². The van der Waals surface area contributed by atoms with Gasteiger partial charge in [-0.25, -0.2) is 0 Å². The maximum atomic E-state index is 11.4. The molecule has 0 aliphatic rings. The summed E-state index contributed by atoms with van der Waals surface area (Å²) in [6.07, 6.45) is 3.47. The largest absolute Gasteiger partial charge is 0.394 e. The molecule has 0 fully saturated rings. The average Bonchev–Trinajstić information content (AvgIpc) is 2.27. The van der Waals surface area contributed by atoms with E-state index in [-0.39, 0.29) is 11.1 Å². The Morgan fingerprint density at radius 3 is 2.50 bits per heavy atom. The fraction of sp³-hybridized carbons (Fsp3) is 0.545. The van der Waals surface area contributed by atoms with Crippen molar-refractivity contribution in [2.75, 3.05) is 25.4 Å². The van der Waals surface area contributed by atoms with E-state index in [0.29, 0.717) is 4.47 Å². The highest BCUT2D eigenvalue weighted by atomic mass is 79.9. The second-order valence-corrected chi connectivity index (χ2v) is 4.51. The van der Waals surface area contributed by atoms with Crippen molar-refractivity contribution in [3.05, 3.63) is 27.1 Å². The van der Waals surface area contributed by atoms with Crippen LogP contribution in [0.15, 0.2) is 21.7 Å². The number of anilines is 1. The molecule has 1 aromatic heterocycles. The molecule has 0 aliphatic carbocycles. The van der Waals surface area contributed by atoms with Crippen LogP contribution in [0.1, 0.15) is 13.8 Å². The molecule has 1 rings (SSSR count). The van der Waals surface area contributed by atoms with Crippen LogP contribution in [-0.2, 0) is 6.54 Å². The maximum absolute atomic E-state index is 11.4. The van der Waals surface area contributed by atoms with Gasteiger partial charge in [-0.2, -0.15) is 0 Å². The van der Waals surface area contributed by atoms with E-state index in [4.69, 9.17) is 5.73 Å². The SMILES string of the molecule is CCN(CC)CCn1cc(N)c(=O)c(Br)c1. The predicted molar refractivity (Wildman–Crippen MR) is 70.6 cm³/mol. The quantitative estimate of drug-likeness (QED) is 0.894. The normalized spacial score (nSPS) is 11.0. The molecule has 0 aliphatic heterocycles. The summed E-state index contributed by atoms with van der Waals surface area (Å²) in [6.45, 7) is 8.14. The minimum absolute atomic E-state index is 0.140. The first-order valence-electron chi connectivity index (χ1n) is 5.45. The minimum Gasteiger partial charge on any atom is -0.394 e. The topological polar surface area (TPSA) is 51.3 Å². The zero-order valence-electron chi connectivity index (χ0n) is 9.74. The summed E-state index contributed by atoms with van der Waals surface area (Å²) >= 11 is 3.21. The summed E-state index contributed by atoms with van der Waals surface area (Å²) in [4.78, 5) is 13.7. The highest BCUT2D eigenvalue weighted by Gasteiger charge is 2.03. The molecule has 0 radical (unpaired) electrons. The molecule has 0 aromatic carbocycles. The Bertz CT molecular complexity index is 372. The van der Waals surface area contributed by atoms with E-state index in [0.717, 1.165) is 26.2 Å². The van der Waals surface area contributed by atoms with Crippen molar-refractivity contribution in [1.82, 2.24) is 9.47 Å². The van der Waals surface area contributed by atoms with Crippen molar-refractivity contribution >= 4 is 21.6 Å². The van der Waals surface area contributed by atoms with E-state index in [9.17, 15) is 4.79 Å². The van der Waals surface area contributed by atoms with Crippen LogP contribution >= 0.6 is 15.9 Å². The zero-order chi connectivity index (χ0) is 12.1. The van der Waals surface area contributed by atoms with Crippen LogP contribution in [0.5, 0.6) is 0 Å². The minimum atomic E-state index is -0.140. The molecule has 2 N–H and O–H groups in total. The summed E-state index contributed by atoms with van der Waals surface area (Å²) in [7, 11) is 0. The van der Waals surface area contributed by atoms with Crippen LogP contribution in [0.3, 0.4) is 0 Å². The van der Waals surface area contributed by atoms with E-state index in [2.05, 4.69) is 34.7 Å². The lowest BCUT2D eigenvalue weighted by molar-refractivity contribution is 0.290. The Hall–Kier alpha value is -0.810. The molecule has 1 heterocycles. The van der Waals surface area contributed by atoms with Crippen LogP contribution in [0, 0.1) is 0 Å². The van der Waals surface area contributed by atoms with Gasteiger partial charge >= 0.3 is 0 Å². The van der Waals surface area contributed by atoms with Crippen molar-refractivity contribution in [3.8, 4) is 0 Å². The summed E-state index contributed by atoms with van der Waals surface area (Å²) in [5.74, 6) is 0. The summed E-state index contributed by atoms with van der Waals surface area (Å²) < 4.78 is 2.46. The number of nitrogens with zero attached hydrogens (tertiary/aromatic N) is 2. The van der Waals surface area contributed by atoms with E-state index in [1.807, 2.05) is 4.57 Å². The molecule has 16 heavy (non-hydrogen) atoms. The molecule has 1 aromatic rings. The van der Waals surface area contributed by atoms with Crippen molar-refractivity contribution in [2.45, 2.75) is 20.4 Å². The fourth-order valence-electron chi connectivity index (χ4n) is 1.54. The Balaban J connectivity index is 2.71. The van der Waals surface area contributed by atoms with Crippen molar-refractivity contribution in [3.63, 3.8) is 0 Å². The van der Waals surface area contributed by atoms with Gasteiger partial charge in [-0.15, -0.1) is 0 Å². The third-order valence-corrected chi connectivity index (χ3v) is 3.20. The van der Waals surface area contributed by atoms with Gasteiger partial charge in [0.05, 0.1) is 10.2 Å². The Morgan fingerprint density at radius 2 is 2.00 bits per heavy atom. The molecule has 90 valence electrons. The molecule has 0 spiro atoms. The number of pyridine rings is 1. The van der Waals surface area contributed by atoms with E-state index in [1.165, 1.54) is 0 Å². The van der Waals surface area contributed by atoms with Gasteiger partial charge in [0.1, 0.15) is 0 Å². The molecular weight excluding hydrogens is 270 g/mol. The number of hydrogen-bond donors (Lipinski definition) is 1. The number of aromatic nitrogens is 1. The molecular formula is C11H18BrN3O. The monoisotopic (exact) mass is 287 g/mol. The van der Waals surface area contributed by atoms with Crippen LogP contribution in [0.4, 0.5) is 5.69 Å². The number of likely N-dealkylation sites (N-methyl/N-ethyl adjacent to an activating group) is 1. The smallest absolute Gasteiger partial charge is 0.218 e. The summed E-state index contributed by atoms with van der Waals surface area (Å²) in [5, 5.41) is 0. The standard InChI is InChI=1S/C11H18BrN3O/c1-3-14(4-2)5-6-15-7-9(12)11(16)10(13)8-15/h7-8H,3-6,13H2,1-2H3. The number of rotatable bonds is 5. The number of nitrogen functional groups attached to an aromatic ring is 1. The van der Waals surface area contributed by atoms with E-state index < -0.39 is 0 Å². The number of nitrogens with two attached hydrogens (primary N) is 1. The van der Waals surface area contributed by atoms with Crippen molar-refractivity contribution in [2.24, 2.45) is 0 Å². The third kappa shape index (κ3) is 3.35. The molecule has 5 heteroatoms. The van der Waals surface area contributed by atoms with Gasteiger partial charge in [-0.1, -0.05) is 13.8 Å². The Kier molecular flexibility index (Phi) is 5.02. The first-order chi connectivity index (χ1) is 7.58. The van der Waals surface area contributed by atoms with Crippen LogP contribution in [-0.4, -0.2) is 29.1 Å². The Labute approximate surface area is 104 Å². The summed E-state index contributed by atoms with van der Waals surface area (Å²) in [6, 6.07) is 0. The zero-order valence-corrected chi connectivity index (χ0v) is 11.3. The van der Waals surface area contributed by atoms with Gasteiger partial charge in [0.25, 0.3) is 0 Å². The summed E-state index contributed by atoms with van der Waals surface area (Å²) in [5.41, 5.74) is 5.76. The highest BCUT2D eigenvalue weighted by molar-refractivity contribution is 9.10. The number of hydrogen-bond acceptors (Lipinski definition) is 3. The van der Waals surface area contributed by atoms with Crippen LogP contribution < -0.4 is 11.2 Å². The van der Waals surface area contributed by atoms with Crippen LogP contribution in [0.25, 0.3) is 0 Å².